The van der Waals surface area contributed by atoms with Crippen molar-refractivity contribution in [1.29, 1.82) is 0 Å². The highest BCUT2D eigenvalue weighted by atomic mass is 35.5. The predicted octanol–water partition coefficient (Wildman–Crippen LogP) is 2.00. The molecule has 1 aromatic heterocycles. The van der Waals surface area contributed by atoms with Gasteiger partial charge in [0.25, 0.3) is 0 Å². The first-order valence-electron chi connectivity index (χ1n) is 14.4. The Morgan fingerprint density at radius 2 is 1.76 bits per heavy atom. The van der Waals surface area contributed by atoms with E-state index in [1.54, 1.807) is 35.8 Å². The standard InChI is InChI=1S/C29H41FN8O3.ClH/c1-18(33-21-16-29(17-21)14-20(31)15-29)12-19-4-5-22(13-23(19)30)38-7-6-24(35-27(38)41)34-26(40)37-10-8-36(9-11-37)25(39)28(2,3)32;/h4-7,13,18,20-21,33H,8-12,14-17,31-32H2,1-3H3,(H,34,35,40,41);1H. The molecule has 2 aliphatic carbocycles. The molecule has 1 atom stereocenters. The first-order valence-corrected chi connectivity index (χ1v) is 14.4. The van der Waals surface area contributed by atoms with Crippen LogP contribution in [0, 0.1) is 11.2 Å². The number of benzene rings is 1. The maximum Gasteiger partial charge on any atom is 0.354 e. The number of halogens is 2. The number of amides is 3. The SMILES string of the molecule is CC(Cc1ccc(-n2ccc(NC(=O)N3CCN(C(=O)C(C)(C)N)CC3)nc2=O)cc1F)NC1CC2(CC(N)C2)C1.Cl. The van der Waals surface area contributed by atoms with Gasteiger partial charge in [-0.2, -0.15) is 4.98 Å². The lowest BCUT2D eigenvalue weighted by atomic mass is 9.52. The molecular weight excluding hydrogens is 563 g/mol. The molecule has 2 saturated carbocycles. The zero-order valence-electron chi connectivity index (χ0n) is 24.4. The number of carbonyl (C=O) groups is 2. The number of aromatic nitrogens is 2. The van der Waals surface area contributed by atoms with Crippen molar-refractivity contribution >= 4 is 30.2 Å². The van der Waals surface area contributed by atoms with Crippen molar-refractivity contribution in [3.8, 4) is 5.69 Å². The number of nitrogens with zero attached hydrogens (tertiary/aromatic N) is 4. The van der Waals surface area contributed by atoms with Gasteiger partial charge in [-0.15, -0.1) is 12.4 Å². The quantitative estimate of drug-likeness (QED) is 0.377. The topological polar surface area (TPSA) is 152 Å². The number of piperazine rings is 1. The molecule has 2 heterocycles. The molecule has 1 saturated heterocycles. The molecule has 230 valence electrons. The zero-order chi connectivity index (χ0) is 29.5. The van der Waals surface area contributed by atoms with Crippen LogP contribution in [0.2, 0.25) is 0 Å². The van der Waals surface area contributed by atoms with Crippen molar-refractivity contribution in [2.45, 2.75) is 76.5 Å². The number of carbonyl (C=O) groups excluding carboxylic acids is 2. The Balaban J connectivity index is 0.00000405. The van der Waals surface area contributed by atoms with Crippen molar-refractivity contribution in [2.24, 2.45) is 16.9 Å². The Bertz CT molecular complexity index is 1360. The highest BCUT2D eigenvalue weighted by Crippen LogP contribution is 2.55. The van der Waals surface area contributed by atoms with E-state index in [1.165, 1.54) is 22.9 Å². The lowest BCUT2D eigenvalue weighted by Gasteiger charge is -2.57. The molecule has 1 unspecified atom stereocenters. The van der Waals surface area contributed by atoms with Gasteiger partial charge in [0.1, 0.15) is 11.6 Å². The third-order valence-electron chi connectivity index (χ3n) is 8.55. The largest absolute Gasteiger partial charge is 0.354 e. The fourth-order valence-corrected chi connectivity index (χ4v) is 6.51. The van der Waals surface area contributed by atoms with E-state index in [-0.39, 0.29) is 36.0 Å². The lowest BCUT2D eigenvalue weighted by Crippen LogP contribution is -2.60. The van der Waals surface area contributed by atoms with E-state index in [1.807, 2.05) is 0 Å². The van der Waals surface area contributed by atoms with E-state index < -0.39 is 17.3 Å². The second-order valence-electron chi connectivity index (χ2n) is 12.7. The van der Waals surface area contributed by atoms with Gasteiger partial charge in [0.15, 0.2) is 0 Å². The second-order valence-corrected chi connectivity index (χ2v) is 12.7. The molecule has 0 radical (unpaired) electrons. The summed E-state index contributed by atoms with van der Waals surface area (Å²) in [6.07, 6.45) is 6.52. The van der Waals surface area contributed by atoms with Gasteiger partial charge in [0.05, 0.1) is 11.2 Å². The van der Waals surface area contributed by atoms with Gasteiger partial charge in [0.2, 0.25) is 5.91 Å². The summed E-state index contributed by atoms with van der Waals surface area (Å²) in [6, 6.07) is 6.75. The Morgan fingerprint density at radius 3 is 2.33 bits per heavy atom. The molecular formula is C29H42ClFN8O3. The minimum atomic E-state index is -0.971. The van der Waals surface area contributed by atoms with Crippen LogP contribution >= 0.6 is 12.4 Å². The second kappa shape index (κ2) is 12.3. The van der Waals surface area contributed by atoms with E-state index >= 15 is 4.39 Å². The Hall–Kier alpha value is -3.06. The molecule has 5 rings (SSSR count). The smallest absolute Gasteiger partial charge is 0.338 e. The Kier molecular flexibility index (Phi) is 9.31. The summed E-state index contributed by atoms with van der Waals surface area (Å²) in [5.41, 5.74) is 11.6. The van der Waals surface area contributed by atoms with Crippen LogP contribution in [0.25, 0.3) is 5.69 Å². The number of nitrogens with two attached hydrogens (primary N) is 2. The monoisotopic (exact) mass is 604 g/mol. The van der Waals surface area contributed by atoms with E-state index in [2.05, 4.69) is 22.5 Å². The van der Waals surface area contributed by atoms with E-state index in [4.69, 9.17) is 11.5 Å². The minimum absolute atomic E-state index is 0. The zero-order valence-corrected chi connectivity index (χ0v) is 25.3. The van der Waals surface area contributed by atoms with Gasteiger partial charge >= 0.3 is 11.7 Å². The van der Waals surface area contributed by atoms with Gasteiger partial charge < -0.3 is 26.6 Å². The molecule has 13 heteroatoms. The fraction of sp³-hybridized carbons (Fsp3) is 0.586. The lowest BCUT2D eigenvalue weighted by molar-refractivity contribution is -0.137. The van der Waals surface area contributed by atoms with Crippen molar-refractivity contribution in [1.82, 2.24) is 24.7 Å². The van der Waals surface area contributed by atoms with E-state index in [0.29, 0.717) is 61.3 Å². The normalized spacial score (nSPS) is 24.3. The Labute approximate surface area is 251 Å². The number of rotatable bonds is 7. The van der Waals surface area contributed by atoms with Crippen molar-refractivity contribution in [3.05, 3.63) is 52.3 Å². The minimum Gasteiger partial charge on any atom is -0.338 e. The average Bonchev–Trinajstić information content (AvgIpc) is 2.87. The van der Waals surface area contributed by atoms with Crippen LogP contribution in [0.15, 0.2) is 35.3 Å². The van der Waals surface area contributed by atoms with Crippen molar-refractivity contribution in [3.63, 3.8) is 0 Å². The summed E-state index contributed by atoms with van der Waals surface area (Å²) in [5, 5.41) is 6.25. The first-order chi connectivity index (χ1) is 19.3. The molecule has 2 aromatic rings. The van der Waals surface area contributed by atoms with Crippen LogP contribution in [0.3, 0.4) is 0 Å². The van der Waals surface area contributed by atoms with Crippen molar-refractivity contribution in [2.75, 3.05) is 31.5 Å². The summed E-state index contributed by atoms with van der Waals surface area (Å²) >= 11 is 0. The van der Waals surface area contributed by atoms with Crippen LogP contribution in [-0.2, 0) is 11.2 Å². The third kappa shape index (κ3) is 6.94. The van der Waals surface area contributed by atoms with Crippen LogP contribution in [0.1, 0.15) is 52.0 Å². The summed E-state index contributed by atoms with van der Waals surface area (Å²) in [7, 11) is 0. The van der Waals surface area contributed by atoms with Gasteiger partial charge in [-0.05, 0) is 82.1 Å². The van der Waals surface area contributed by atoms with Crippen LogP contribution in [0.5, 0.6) is 0 Å². The number of anilines is 1. The molecule has 3 aliphatic rings. The fourth-order valence-electron chi connectivity index (χ4n) is 6.51. The average molecular weight is 605 g/mol. The predicted molar refractivity (Wildman–Crippen MR) is 161 cm³/mol. The van der Waals surface area contributed by atoms with Crippen LogP contribution in [-0.4, -0.2) is 81.1 Å². The molecule has 42 heavy (non-hydrogen) atoms. The van der Waals surface area contributed by atoms with Crippen LogP contribution < -0.4 is 27.8 Å². The molecule has 3 fully saturated rings. The number of hydrogen-bond donors (Lipinski definition) is 4. The van der Waals surface area contributed by atoms with E-state index in [0.717, 1.165) is 25.7 Å². The molecule has 0 bridgehead atoms. The number of nitrogens with one attached hydrogen (secondary N) is 2. The number of hydrogen-bond acceptors (Lipinski definition) is 7. The van der Waals surface area contributed by atoms with Crippen molar-refractivity contribution < 1.29 is 14.0 Å². The van der Waals surface area contributed by atoms with Gasteiger partial charge in [-0.25, -0.2) is 14.0 Å². The highest BCUT2D eigenvalue weighted by molar-refractivity contribution is 5.89. The molecule has 1 spiro atoms. The van der Waals surface area contributed by atoms with Gasteiger partial charge in [-0.1, -0.05) is 6.07 Å². The van der Waals surface area contributed by atoms with Gasteiger partial charge in [-0.3, -0.25) is 14.7 Å². The first kappa shape index (κ1) is 31.9. The molecule has 1 aromatic carbocycles. The summed E-state index contributed by atoms with van der Waals surface area (Å²) in [6.45, 7) is 6.78. The highest BCUT2D eigenvalue weighted by Gasteiger charge is 2.51. The maximum atomic E-state index is 15.0. The number of urea groups is 1. The maximum absolute atomic E-state index is 15.0. The summed E-state index contributed by atoms with van der Waals surface area (Å²) in [5.74, 6) is -0.456. The third-order valence-corrected chi connectivity index (χ3v) is 8.55. The molecule has 3 amide bonds. The summed E-state index contributed by atoms with van der Waals surface area (Å²) in [4.78, 5) is 45.0. The molecule has 6 N–H and O–H groups in total. The summed E-state index contributed by atoms with van der Waals surface area (Å²) < 4.78 is 16.3. The Morgan fingerprint density at radius 1 is 1.12 bits per heavy atom. The van der Waals surface area contributed by atoms with Gasteiger partial charge in [0, 0.05) is 50.5 Å². The molecule has 11 nitrogen and oxygen atoms in total. The van der Waals surface area contributed by atoms with E-state index in [9.17, 15) is 14.4 Å². The van der Waals surface area contributed by atoms with Crippen LogP contribution in [0.4, 0.5) is 15.0 Å². The molecule has 1 aliphatic heterocycles.